The highest BCUT2D eigenvalue weighted by molar-refractivity contribution is 7.85. The van der Waals surface area contributed by atoms with E-state index in [1.165, 1.54) is 19.2 Å². The molecule has 0 spiro atoms. The normalized spacial score (nSPS) is 12.2. The van der Waals surface area contributed by atoms with Crippen molar-refractivity contribution in [1.82, 2.24) is 0 Å². The fourth-order valence-electron chi connectivity index (χ4n) is 1.17. The quantitative estimate of drug-likeness (QED) is 0.742. The highest BCUT2D eigenvalue weighted by Gasteiger charge is 2.12. The van der Waals surface area contributed by atoms with Crippen molar-refractivity contribution in [2.75, 3.05) is 18.6 Å². The van der Waals surface area contributed by atoms with Crippen LogP contribution < -0.4 is 4.74 Å². The Morgan fingerprint density at radius 2 is 2.19 bits per heavy atom. The molecule has 1 aromatic rings. The summed E-state index contributed by atoms with van der Waals surface area (Å²) in [4.78, 5) is 11.6. The first-order valence-electron chi connectivity index (χ1n) is 4.80. The Morgan fingerprint density at radius 1 is 1.50 bits per heavy atom. The summed E-state index contributed by atoms with van der Waals surface area (Å²) in [5, 5.41) is 0. The number of hydrogen-bond acceptors (Lipinski definition) is 3. The zero-order chi connectivity index (χ0) is 12.1. The van der Waals surface area contributed by atoms with Crippen LogP contribution in [0.5, 0.6) is 5.75 Å². The summed E-state index contributed by atoms with van der Waals surface area (Å²) in [5.74, 6) is -0.461. The lowest BCUT2D eigenvalue weighted by Crippen LogP contribution is -2.12. The molecule has 0 aliphatic rings. The molecule has 1 atom stereocenters. The molecule has 0 heterocycles. The van der Waals surface area contributed by atoms with E-state index in [1.54, 1.807) is 6.92 Å². The summed E-state index contributed by atoms with van der Waals surface area (Å²) in [6, 6.07) is 3.96. The van der Waals surface area contributed by atoms with Gasteiger partial charge in [0.25, 0.3) is 0 Å². The Labute approximate surface area is 96.1 Å². The fraction of sp³-hybridized carbons (Fsp3) is 0.364. The summed E-state index contributed by atoms with van der Waals surface area (Å²) in [6.07, 6.45) is 0. The van der Waals surface area contributed by atoms with Crippen LogP contribution in [0, 0.1) is 5.82 Å². The first kappa shape index (κ1) is 12.8. The minimum Gasteiger partial charge on any atom is -0.494 e. The second-order valence-electron chi connectivity index (χ2n) is 3.15. The highest BCUT2D eigenvalue weighted by atomic mass is 32.2. The number of benzene rings is 1. The molecule has 0 fully saturated rings. The van der Waals surface area contributed by atoms with E-state index >= 15 is 0 Å². The monoisotopic (exact) mass is 244 g/mol. The molecule has 0 saturated heterocycles. The van der Waals surface area contributed by atoms with E-state index in [9.17, 15) is 13.4 Å². The lowest BCUT2D eigenvalue weighted by atomic mass is 10.1. The van der Waals surface area contributed by atoms with Crippen LogP contribution in [-0.2, 0) is 10.8 Å². The maximum atomic E-state index is 13.3. The van der Waals surface area contributed by atoms with Crippen molar-refractivity contribution in [3.8, 4) is 5.75 Å². The van der Waals surface area contributed by atoms with Crippen molar-refractivity contribution < 1.29 is 18.1 Å². The number of carbonyl (C=O) groups excluding carboxylic acids is 1. The van der Waals surface area contributed by atoms with Gasteiger partial charge in [-0.05, 0) is 18.2 Å². The molecule has 88 valence electrons. The number of methoxy groups -OCH3 is 1. The molecule has 0 aromatic heterocycles. The topological polar surface area (TPSA) is 43.4 Å². The van der Waals surface area contributed by atoms with Crippen LogP contribution in [0.25, 0.3) is 0 Å². The van der Waals surface area contributed by atoms with Crippen molar-refractivity contribution in [3.05, 3.63) is 29.6 Å². The minimum absolute atomic E-state index is 0.0672. The van der Waals surface area contributed by atoms with Crippen molar-refractivity contribution in [1.29, 1.82) is 0 Å². The Morgan fingerprint density at radius 3 is 2.69 bits per heavy atom. The Hall–Kier alpha value is -1.23. The summed E-state index contributed by atoms with van der Waals surface area (Å²) in [6.45, 7) is 1.73. The molecule has 0 aliphatic heterocycles. The van der Waals surface area contributed by atoms with Gasteiger partial charge in [0.2, 0.25) is 0 Å². The number of Topliss-reactive ketones (excluding diaryl/α,β-unsaturated/α-hetero) is 1. The third-order valence-electron chi connectivity index (χ3n) is 2.09. The Bertz CT molecular complexity index is 418. The molecular weight excluding hydrogens is 231 g/mol. The molecule has 0 radical (unpaired) electrons. The molecule has 16 heavy (non-hydrogen) atoms. The van der Waals surface area contributed by atoms with E-state index < -0.39 is 16.6 Å². The summed E-state index contributed by atoms with van der Waals surface area (Å²) < 4.78 is 29.2. The zero-order valence-electron chi connectivity index (χ0n) is 9.16. The van der Waals surface area contributed by atoms with Crippen molar-refractivity contribution >= 4 is 16.6 Å². The third-order valence-corrected chi connectivity index (χ3v) is 3.32. The number of carbonyl (C=O) groups is 1. The molecule has 3 nitrogen and oxygen atoms in total. The average molecular weight is 244 g/mol. The largest absolute Gasteiger partial charge is 0.494 e. The van der Waals surface area contributed by atoms with E-state index in [1.807, 2.05) is 0 Å². The smallest absolute Gasteiger partial charge is 0.175 e. The van der Waals surface area contributed by atoms with E-state index in [-0.39, 0.29) is 22.8 Å². The van der Waals surface area contributed by atoms with Crippen LogP contribution in [0.4, 0.5) is 4.39 Å². The van der Waals surface area contributed by atoms with Gasteiger partial charge < -0.3 is 4.74 Å². The van der Waals surface area contributed by atoms with Crippen LogP contribution in [0.15, 0.2) is 18.2 Å². The van der Waals surface area contributed by atoms with Gasteiger partial charge in [-0.1, -0.05) is 6.92 Å². The standard InChI is InChI=1S/C11H13FO3S/c1-3-16(14)7-10(13)8-4-5-11(15-2)9(12)6-8/h4-6H,3,7H2,1-2H3. The van der Waals surface area contributed by atoms with Gasteiger partial charge in [0.1, 0.15) is 0 Å². The first-order valence-corrected chi connectivity index (χ1v) is 6.29. The molecule has 0 amide bonds. The molecule has 0 bridgehead atoms. The minimum atomic E-state index is -1.17. The number of ether oxygens (including phenoxy) is 1. The summed E-state index contributed by atoms with van der Waals surface area (Å²) in [5.41, 5.74) is 0.222. The van der Waals surface area contributed by atoms with E-state index in [0.717, 1.165) is 6.07 Å². The second-order valence-corrected chi connectivity index (χ2v) is 4.89. The van der Waals surface area contributed by atoms with E-state index in [2.05, 4.69) is 0 Å². The van der Waals surface area contributed by atoms with Crippen molar-refractivity contribution in [2.24, 2.45) is 0 Å². The maximum Gasteiger partial charge on any atom is 0.175 e. The predicted molar refractivity (Wildman–Crippen MR) is 60.8 cm³/mol. The third kappa shape index (κ3) is 3.13. The lowest BCUT2D eigenvalue weighted by Gasteiger charge is -2.04. The number of hydrogen-bond donors (Lipinski definition) is 0. The number of ketones is 1. The van der Waals surface area contributed by atoms with Crippen molar-refractivity contribution in [3.63, 3.8) is 0 Å². The lowest BCUT2D eigenvalue weighted by molar-refractivity contribution is 0.102. The summed E-state index contributed by atoms with van der Waals surface area (Å²) >= 11 is 0. The second kappa shape index (κ2) is 5.75. The van der Waals surface area contributed by atoms with Gasteiger partial charge in [-0.25, -0.2) is 4.39 Å². The van der Waals surface area contributed by atoms with Gasteiger partial charge in [0.05, 0.1) is 12.9 Å². The van der Waals surface area contributed by atoms with E-state index in [0.29, 0.717) is 5.75 Å². The highest BCUT2D eigenvalue weighted by Crippen LogP contribution is 2.18. The molecule has 1 aromatic carbocycles. The van der Waals surface area contributed by atoms with Crippen LogP contribution in [0.1, 0.15) is 17.3 Å². The van der Waals surface area contributed by atoms with Crippen LogP contribution in [0.2, 0.25) is 0 Å². The van der Waals surface area contributed by atoms with Gasteiger partial charge >= 0.3 is 0 Å². The van der Waals surface area contributed by atoms with Gasteiger partial charge in [-0.3, -0.25) is 9.00 Å². The molecular formula is C11H13FO3S. The number of halogens is 1. The molecule has 1 rings (SSSR count). The van der Waals surface area contributed by atoms with E-state index in [4.69, 9.17) is 4.74 Å². The maximum absolute atomic E-state index is 13.3. The fourth-order valence-corrected chi connectivity index (χ4v) is 1.83. The Balaban J connectivity index is 2.85. The average Bonchev–Trinajstić information content (AvgIpc) is 2.28. The molecule has 0 aliphatic carbocycles. The van der Waals surface area contributed by atoms with Gasteiger partial charge in [-0.2, -0.15) is 0 Å². The van der Waals surface area contributed by atoms with Gasteiger partial charge in [0.15, 0.2) is 17.3 Å². The molecule has 0 saturated carbocycles. The summed E-state index contributed by atoms with van der Waals surface area (Å²) in [7, 11) is 0.179. The van der Waals surface area contributed by atoms with Gasteiger partial charge in [-0.15, -0.1) is 0 Å². The van der Waals surface area contributed by atoms with Crippen LogP contribution >= 0.6 is 0 Å². The SMILES string of the molecule is CCS(=O)CC(=O)c1ccc(OC)c(F)c1. The molecule has 1 unspecified atom stereocenters. The first-order chi connectivity index (χ1) is 7.58. The van der Waals surface area contributed by atoms with Crippen LogP contribution in [0.3, 0.4) is 0 Å². The van der Waals surface area contributed by atoms with Crippen LogP contribution in [-0.4, -0.2) is 28.6 Å². The number of rotatable bonds is 5. The van der Waals surface area contributed by atoms with Crippen molar-refractivity contribution in [2.45, 2.75) is 6.92 Å². The zero-order valence-corrected chi connectivity index (χ0v) is 9.97. The molecule has 0 N–H and O–H groups in total. The Kier molecular flexibility index (Phi) is 4.61. The molecule has 5 heteroatoms. The predicted octanol–water partition coefficient (Wildman–Crippen LogP) is 1.79. The van der Waals surface area contributed by atoms with Gasteiger partial charge in [0, 0.05) is 22.1 Å².